The van der Waals surface area contributed by atoms with Gasteiger partial charge in [0.2, 0.25) is 0 Å². The Morgan fingerprint density at radius 2 is 1.40 bits per heavy atom. The first-order chi connectivity index (χ1) is 14.5. The molecule has 1 aliphatic heterocycles. The first-order valence-corrected chi connectivity index (χ1v) is 11.1. The summed E-state index contributed by atoms with van der Waals surface area (Å²) in [4.78, 5) is 2.40. The zero-order chi connectivity index (χ0) is 21.1. The lowest BCUT2D eigenvalue weighted by atomic mass is 10.1. The van der Waals surface area contributed by atoms with Crippen LogP contribution >= 0.6 is 0 Å². The molecule has 3 aromatic carbocycles. The number of methoxy groups -OCH3 is 2. The van der Waals surface area contributed by atoms with Crippen molar-refractivity contribution in [2.75, 3.05) is 36.9 Å². The number of nitrogens with one attached hydrogen (secondary N) is 1. The summed E-state index contributed by atoms with van der Waals surface area (Å²) >= 11 is 0. The molecule has 0 saturated carbocycles. The monoisotopic (exact) mass is 424 g/mol. The van der Waals surface area contributed by atoms with Gasteiger partial charge in [-0.15, -0.1) is 0 Å². The Morgan fingerprint density at radius 1 is 0.833 bits per heavy atom. The molecule has 0 aliphatic carbocycles. The van der Waals surface area contributed by atoms with Crippen molar-refractivity contribution in [3.8, 4) is 16.9 Å². The molecule has 0 radical (unpaired) electrons. The van der Waals surface area contributed by atoms with Crippen molar-refractivity contribution in [2.24, 2.45) is 0 Å². The van der Waals surface area contributed by atoms with Gasteiger partial charge in [-0.05, 0) is 59.7 Å². The lowest BCUT2D eigenvalue weighted by Gasteiger charge is -2.40. The standard InChI is InChI=1S/C23H24N2O4S/c1-28-21-11-3-17(4-12-21)18-5-13-23(14-6-18)30(26,27)24-19-7-9-20(10-8-19)25-15-22(16-25)29-2/h3-14,22,24H,15-16H2,1-2H3. The highest BCUT2D eigenvalue weighted by molar-refractivity contribution is 7.92. The molecule has 6 nitrogen and oxygen atoms in total. The highest BCUT2D eigenvalue weighted by atomic mass is 32.2. The van der Waals surface area contributed by atoms with Crippen LogP contribution in [0.4, 0.5) is 11.4 Å². The maximum atomic E-state index is 12.7. The quantitative estimate of drug-likeness (QED) is 0.621. The van der Waals surface area contributed by atoms with Gasteiger partial charge in [-0.1, -0.05) is 24.3 Å². The van der Waals surface area contributed by atoms with Gasteiger partial charge in [0, 0.05) is 31.6 Å². The topological polar surface area (TPSA) is 67.9 Å². The number of nitrogens with zero attached hydrogens (tertiary/aromatic N) is 1. The fourth-order valence-electron chi connectivity index (χ4n) is 3.36. The normalized spacial score (nSPS) is 14.3. The molecule has 0 amide bonds. The molecule has 4 rings (SSSR count). The van der Waals surface area contributed by atoms with Gasteiger partial charge < -0.3 is 14.4 Å². The minimum atomic E-state index is -3.66. The molecular weight excluding hydrogens is 400 g/mol. The third-order valence-corrected chi connectivity index (χ3v) is 6.65. The van der Waals surface area contributed by atoms with Gasteiger partial charge in [-0.25, -0.2) is 8.42 Å². The molecule has 0 atom stereocenters. The molecule has 1 heterocycles. The fraction of sp³-hybridized carbons (Fsp3) is 0.217. The van der Waals surface area contributed by atoms with Crippen LogP contribution in [0.3, 0.4) is 0 Å². The predicted octanol–water partition coefficient (Wildman–Crippen LogP) is 4.00. The van der Waals surface area contributed by atoms with E-state index < -0.39 is 10.0 Å². The molecule has 156 valence electrons. The molecular formula is C23H24N2O4S. The number of sulfonamides is 1. The Morgan fingerprint density at radius 3 is 1.93 bits per heavy atom. The van der Waals surface area contributed by atoms with Crippen LogP contribution in [0, 0.1) is 0 Å². The average molecular weight is 425 g/mol. The van der Waals surface area contributed by atoms with Gasteiger partial charge in [-0.3, -0.25) is 4.72 Å². The van der Waals surface area contributed by atoms with E-state index in [9.17, 15) is 8.42 Å². The zero-order valence-electron chi connectivity index (χ0n) is 16.9. The Labute approximate surface area is 177 Å². The second kappa shape index (κ2) is 8.38. The molecule has 1 aliphatic rings. The van der Waals surface area contributed by atoms with Crippen LogP contribution in [0.5, 0.6) is 5.75 Å². The summed E-state index contributed by atoms with van der Waals surface area (Å²) in [5.41, 5.74) is 3.51. The smallest absolute Gasteiger partial charge is 0.261 e. The van der Waals surface area contributed by atoms with Crippen LogP contribution in [0.2, 0.25) is 0 Å². The van der Waals surface area contributed by atoms with E-state index in [0.29, 0.717) is 5.69 Å². The van der Waals surface area contributed by atoms with E-state index in [0.717, 1.165) is 35.7 Å². The van der Waals surface area contributed by atoms with Crippen LogP contribution in [0.15, 0.2) is 77.7 Å². The van der Waals surface area contributed by atoms with Gasteiger partial charge >= 0.3 is 0 Å². The molecule has 30 heavy (non-hydrogen) atoms. The second-order valence-electron chi connectivity index (χ2n) is 7.17. The van der Waals surface area contributed by atoms with E-state index in [1.54, 1.807) is 50.6 Å². The number of hydrogen-bond donors (Lipinski definition) is 1. The molecule has 0 bridgehead atoms. The van der Waals surface area contributed by atoms with Gasteiger partial charge in [0.1, 0.15) is 5.75 Å². The molecule has 1 N–H and O–H groups in total. The minimum absolute atomic E-state index is 0.217. The first-order valence-electron chi connectivity index (χ1n) is 9.63. The molecule has 0 unspecified atom stereocenters. The Kier molecular flexibility index (Phi) is 5.65. The molecule has 3 aromatic rings. The molecule has 7 heteroatoms. The van der Waals surface area contributed by atoms with Gasteiger partial charge in [-0.2, -0.15) is 0 Å². The fourth-order valence-corrected chi connectivity index (χ4v) is 4.42. The van der Waals surface area contributed by atoms with Crippen LogP contribution in [0.1, 0.15) is 0 Å². The van der Waals surface area contributed by atoms with Crippen molar-refractivity contribution in [3.63, 3.8) is 0 Å². The lowest BCUT2D eigenvalue weighted by Crippen LogP contribution is -2.51. The van der Waals surface area contributed by atoms with Crippen molar-refractivity contribution < 1.29 is 17.9 Å². The lowest BCUT2D eigenvalue weighted by molar-refractivity contribution is 0.0788. The Bertz CT molecular complexity index is 1090. The summed E-state index contributed by atoms with van der Waals surface area (Å²) in [7, 11) is -0.330. The molecule has 0 spiro atoms. The highest BCUT2D eigenvalue weighted by Gasteiger charge is 2.26. The summed E-state index contributed by atoms with van der Waals surface area (Å²) < 4.78 is 38.6. The average Bonchev–Trinajstić information content (AvgIpc) is 2.74. The summed E-state index contributed by atoms with van der Waals surface area (Å²) in [6.07, 6.45) is 0.268. The van der Waals surface area contributed by atoms with Crippen molar-refractivity contribution in [1.29, 1.82) is 0 Å². The molecule has 1 fully saturated rings. The SMILES string of the molecule is COc1ccc(-c2ccc(S(=O)(=O)Nc3ccc(N4CC(OC)C4)cc3)cc2)cc1. The number of anilines is 2. The second-order valence-corrected chi connectivity index (χ2v) is 8.85. The minimum Gasteiger partial charge on any atom is -0.497 e. The first kappa shape index (κ1) is 20.3. The summed E-state index contributed by atoms with van der Waals surface area (Å²) in [5.74, 6) is 0.779. The largest absolute Gasteiger partial charge is 0.497 e. The van der Waals surface area contributed by atoms with E-state index in [1.165, 1.54) is 0 Å². The van der Waals surface area contributed by atoms with E-state index in [2.05, 4.69) is 9.62 Å². The Balaban J connectivity index is 1.44. The zero-order valence-corrected chi connectivity index (χ0v) is 17.7. The van der Waals surface area contributed by atoms with Crippen molar-refractivity contribution in [3.05, 3.63) is 72.8 Å². The Hall–Kier alpha value is -3.03. The van der Waals surface area contributed by atoms with Gasteiger partial charge in [0.05, 0.1) is 18.1 Å². The maximum absolute atomic E-state index is 12.7. The number of rotatable bonds is 7. The van der Waals surface area contributed by atoms with E-state index >= 15 is 0 Å². The van der Waals surface area contributed by atoms with E-state index in [-0.39, 0.29) is 11.0 Å². The summed E-state index contributed by atoms with van der Waals surface area (Å²) in [6, 6.07) is 21.8. The third kappa shape index (κ3) is 4.27. The molecule has 1 saturated heterocycles. The predicted molar refractivity (Wildman–Crippen MR) is 119 cm³/mol. The number of hydrogen-bond acceptors (Lipinski definition) is 5. The van der Waals surface area contributed by atoms with E-state index in [4.69, 9.17) is 9.47 Å². The number of benzene rings is 3. The van der Waals surface area contributed by atoms with Crippen LogP contribution in [-0.4, -0.2) is 41.8 Å². The van der Waals surface area contributed by atoms with Gasteiger partial charge in [0.25, 0.3) is 10.0 Å². The van der Waals surface area contributed by atoms with Crippen LogP contribution in [-0.2, 0) is 14.8 Å². The highest BCUT2D eigenvalue weighted by Crippen LogP contribution is 2.27. The van der Waals surface area contributed by atoms with E-state index in [1.807, 2.05) is 36.4 Å². The summed E-state index contributed by atoms with van der Waals surface area (Å²) in [6.45, 7) is 1.70. The van der Waals surface area contributed by atoms with Crippen molar-refractivity contribution in [1.82, 2.24) is 0 Å². The van der Waals surface area contributed by atoms with Crippen molar-refractivity contribution >= 4 is 21.4 Å². The maximum Gasteiger partial charge on any atom is 0.261 e. The molecule has 0 aromatic heterocycles. The van der Waals surface area contributed by atoms with Crippen LogP contribution in [0.25, 0.3) is 11.1 Å². The van der Waals surface area contributed by atoms with Crippen LogP contribution < -0.4 is 14.4 Å². The van der Waals surface area contributed by atoms with Gasteiger partial charge in [0.15, 0.2) is 0 Å². The van der Waals surface area contributed by atoms with Crippen molar-refractivity contribution in [2.45, 2.75) is 11.0 Å². The summed E-state index contributed by atoms with van der Waals surface area (Å²) in [5, 5.41) is 0. The third-order valence-electron chi connectivity index (χ3n) is 5.25. The number of ether oxygens (including phenoxy) is 2.